The van der Waals surface area contributed by atoms with E-state index in [1.54, 1.807) is 18.9 Å². The second kappa shape index (κ2) is 11.0. The lowest BCUT2D eigenvalue weighted by Gasteiger charge is -2.38. The molecule has 4 unspecified atom stereocenters. The van der Waals surface area contributed by atoms with Gasteiger partial charge in [-0.1, -0.05) is 30.3 Å². The summed E-state index contributed by atoms with van der Waals surface area (Å²) in [6, 6.07) is 15.3. The predicted octanol–water partition coefficient (Wildman–Crippen LogP) is 3.23. The molecule has 0 saturated heterocycles. The maximum Gasteiger partial charge on any atom is 0.307 e. The number of hydroxylamine groups is 2. The Morgan fingerprint density at radius 3 is 2.43 bits per heavy atom. The number of ether oxygens (including phenoxy) is 2. The number of rotatable bonds is 6. The van der Waals surface area contributed by atoms with E-state index in [2.05, 4.69) is 4.90 Å². The van der Waals surface area contributed by atoms with Gasteiger partial charge in [0.05, 0.1) is 7.11 Å². The molecule has 3 rings (SSSR count). The van der Waals surface area contributed by atoms with Gasteiger partial charge in [-0.15, -0.1) is 24.2 Å². The molecule has 0 saturated carbocycles. The first-order chi connectivity index (χ1) is 13.9. The van der Waals surface area contributed by atoms with Crippen LogP contribution in [0, 0.1) is 5.21 Å². The Labute approximate surface area is 188 Å². The van der Waals surface area contributed by atoms with E-state index in [-0.39, 0.29) is 28.8 Å². The third kappa shape index (κ3) is 5.68. The molecule has 0 spiro atoms. The van der Waals surface area contributed by atoms with Crippen molar-refractivity contribution in [3.8, 4) is 5.75 Å². The summed E-state index contributed by atoms with van der Waals surface area (Å²) in [6.45, 7) is 2.13. The van der Waals surface area contributed by atoms with E-state index in [0.717, 1.165) is 28.3 Å². The number of nitrogens with zero attached hydrogens (tertiary/aromatic N) is 1. The first kappa shape index (κ1) is 24.5. The largest absolute Gasteiger partial charge is 0.631 e. The van der Waals surface area contributed by atoms with E-state index in [1.807, 2.05) is 62.6 Å². The maximum absolute atomic E-state index is 13.6. The van der Waals surface area contributed by atoms with Crippen LogP contribution >= 0.6 is 24.2 Å². The van der Waals surface area contributed by atoms with Gasteiger partial charge in [-0.05, 0) is 37.9 Å². The summed E-state index contributed by atoms with van der Waals surface area (Å²) in [4.78, 5) is 15.0. The minimum atomic E-state index is -0.842. The summed E-state index contributed by atoms with van der Waals surface area (Å²) in [7, 11) is 5.60. The molecule has 1 aliphatic heterocycles. The lowest BCUT2D eigenvalue weighted by molar-refractivity contribution is -0.929. The number of quaternary nitrogens is 1. The Hall–Kier alpha value is -1.77. The fourth-order valence-electron chi connectivity index (χ4n) is 3.60. The zero-order chi connectivity index (χ0) is 21.0. The van der Waals surface area contributed by atoms with Crippen molar-refractivity contribution in [1.82, 2.24) is 4.90 Å². The van der Waals surface area contributed by atoms with Crippen LogP contribution in [-0.4, -0.2) is 44.8 Å². The van der Waals surface area contributed by atoms with Gasteiger partial charge in [0.1, 0.15) is 17.0 Å². The molecule has 30 heavy (non-hydrogen) atoms. The number of carbonyl (C=O) groups excluding carboxylic acids is 1. The third-order valence-electron chi connectivity index (χ3n) is 5.05. The molecule has 2 aromatic rings. The van der Waals surface area contributed by atoms with Crippen molar-refractivity contribution in [1.29, 1.82) is 0 Å². The number of methoxy groups -OCH3 is 1. The number of nitrogens with one attached hydrogen (secondary N) is 1. The SMILES string of the molecule is COc1ccc(C2Sc3ccccc3C(CCN(C)C)[NH+]([O-])C2OC(C)=O)cc1.Cl. The van der Waals surface area contributed by atoms with Crippen LogP contribution < -0.4 is 9.80 Å². The van der Waals surface area contributed by atoms with Gasteiger partial charge in [0.2, 0.25) is 0 Å². The van der Waals surface area contributed by atoms with Gasteiger partial charge in [0, 0.05) is 30.3 Å². The molecule has 0 bridgehead atoms. The lowest BCUT2D eigenvalue weighted by Crippen LogP contribution is -3.12. The average molecular weight is 453 g/mol. The van der Waals surface area contributed by atoms with Crippen LogP contribution in [0.25, 0.3) is 0 Å². The van der Waals surface area contributed by atoms with Gasteiger partial charge in [-0.2, -0.15) is 0 Å². The van der Waals surface area contributed by atoms with E-state index in [0.29, 0.717) is 6.42 Å². The number of esters is 1. The van der Waals surface area contributed by atoms with Gasteiger partial charge in [0.15, 0.2) is 0 Å². The van der Waals surface area contributed by atoms with E-state index in [1.165, 1.54) is 6.92 Å². The van der Waals surface area contributed by atoms with Gasteiger partial charge < -0.3 is 24.6 Å². The molecule has 1 aliphatic rings. The third-order valence-corrected chi connectivity index (χ3v) is 6.45. The van der Waals surface area contributed by atoms with Crippen molar-refractivity contribution in [2.75, 3.05) is 27.7 Å². The van der Waals surface area contributed by atoms with E-state index in [4.69, 9.17) is 9.47 Å². The predicted molar refractivity (Wildman–Crippen MR) is 121 cm³/mol. The summed E-state index contributed by atoms with van der Waals surface area (Å²) in [6.07, 6.45) is -0.165. The first-order valence-corrected chi connectivity index (χ1v) is 10.5. The molecule has 0 radical (unpaired) electrons. The van der Waals surface area contributed by atoms with Gasteiger partial charge in [-0.25, -0.2) is 0 Å². The number of fused-ring (bicyclic) bond motifs is 1. The van der Waals surface area contributed by atoms with Crippen LogP contribution in [0.1, 0.15) is 35.8 Å². The molecule has 0 fully saturated rings. The van der Waals surface area contributed by atoms with Crippen molar-refractivity contribution in [2.24, 2.45) is 0 Å². The summed E-state index contributed by atoms with van der Waals surface area (Å²) in [5, 5.41) is 13.3. The topological polar surface area (TPSA) is 66.3 Å². The molecule has 0 aliphatic carbocycles. The van der Waals surface area contributed by atoms with Crippen LogP contribution in [0.2, 0.25) is 0 Å². The van der Waals surface area contributed by atoms with Crippen LogP contribution in [-0.2, 0) is 9.53 Å². The zero-order valence-electron chi connectivity index (χ0n) is 17.7. The second-order valence-corrected chi connectivity index (χ2v) is 8.61. The van der Waals surface area contributed by atoms with Gasteiger partial charge >= 0.3 is 5.97 Å². The molecule has 2 aromatic carbocycles. The number of carbonyl (C=O) groups is 1. The van der Waals surface area contributed by atoms with E-state index < -0.39 is 12.2 Å². The van der Waals surface area contributed by atoms with Gasteiger partial charge in [0.25, 0.3) is 6.23 Å². The van der Waals surface area contributed by atoms with E-state index in [9.17, 15) is 10.0 Å². The quantitative estimate of drug-likeness (QED) is 0.536. The number of hydrogen-bond donors (Lipinski definition) is 1. The second-order valence-electron chi connectivity index (χ2n) is 7.43. The normalized spacial score (nSPS) is 23.1. The molecule has 0 aromatic heterocycles. The Bertz CT molecular complexity index is 834. The molecule has 8 heteroatoms. The van der Waals surface area contributed by atoms with Crippen molar-refractivity contribution < 1.29 is 19.3 Å². The average Bonchev–Trinajstić information content (AvgIpc) is 2.81. The summed E-state index contributed by atoms with van der Waals surface area (Å²) in [5.74, 6) is 0.298. The highest BCUT2D eigenvalue weighted by Gasteiger charge is 2.40. The Balaban J connectivity index is 0.00000320. The molecule has 1 N–H and O–H groups in total. The summed E-state index contributed by atoms with van der Waals surface area (Å²) in [5.41, 5.74) is 1.94. The highest BCUT2D eigenvalue weighted by atomic mass is 35.5. The molecule has 0 amide bonds. The molecule has 1 heterocycles. The zero-order valence-corrected chi connectivity index (χ0v) is 19.3. The fraction of sp³-hybridized carbons (Fsp3) is 0.409. The highest BCUT2D eigenvalue weighted by Crippen LogP contribution is 2.43. The minimum absolute atomic E-state index is 0. The molecule has 164 valence electrons. The summed E-state index contributed by atoms with van der Waals surface area (Å²) >= 11 is 1.58. The Morgan fingerprint density at radius 2 is 1.83 bits per heavy atom. The molecular formula is C22H29ClN2O4S. The highest BCUT2D eigenvalue weighted by molar-refractivity contribution is 7.99. The number of benzene rings is 2. The molecular weight excluding hydrogens is 424 g/mol. The van der Waals surface area contributed by atoms with Crippen LogP contribution in [0.15, 0.2) is 53.4 Å². The Kier molecular flexibility index (Phi) is 9.00. The number of hydrogen-bond acceptors (Lipinski definition) is 6. The van der Waals surface area contributed by atoms with Crippen molar-refractivity contribution in [2.45, 2.75) is 35.8 Å². The smallest absolute Gasteiger partial charge is 0.307 e. The first-order valence-electron chi connectivity index (χ1n) is 9.66. The number of halogens is 1. The van der Waals surface area contributed by atoms with Gasteiger partial charge in [-0.3, -0.25) is 4.79 Å². The monoisotopic (exact) mass is 452 g/mol. The van der Waals surface area contributed by atoms with Crippen LogP contribution in [0.4, 0.5) is 0 Å². The van der Waals surface area contributed by atoms with Crippen molar-refractivity contribution >= 4 is 30.1 Å². The molecule has 6 nitrogen and oxygen atoms in total. The Morgan fingerprint density at radius 1 is 1.17 bits per heavy atom. The standard InChI is InChI=1S/C22H28N2O4S.ClH/c1-15(25)28-22-21(16-9-11-17(27-4)12-10-16)29-20-8-6-5-7-18(20)19(24(22)26)13-14-23(2)3;/h5-12,19,21-22,24H,13-14H2,1-4H3;1H. The minimum Gasteiger partial charge on any atom is -0.631 e. The summed E-state index contributed by atoms with van der Waals surface area (Å²) < 4.78 is 10.9. The maximum atomic E-state index is 13.6. The molecule has 4 atom stereocenters. The van der Waals surface area contributed by atoms with Crippen LogP contribution in [0.5, 0.6) is 5.75 Å². The van der Waals surface area contributed by atoms with E-state index >= 15 is 0 Å². The fourth-order valence-corrected chi connectivity index (χ4v) is 4.98. The van der Waals surface area contributed by atoms with Crippen molar-refractivity contribution in [3.05, 3.63) is 64.9 Å². The number of thioether (sulfide) groups is 1. The lowest BCUT2D eigenvalue weighted by atomic mass is 10.0. The van der Waals surface area contributed by atoms with Crippen molar-refractivity contribution in [3.63, 3.8) is 0 Å². The van der Waals surface area contributed by atoms with Crippen LogP contribution in [0.3, 0.4) is 0 Å².